The smallest absolute Gasteiger partial charge is 0.414 e. The van der Waals surface area contributed by atoms with Gasteiger partial charge in [-0.05, 0) is 54.7 Å². The minimum absolute atomic E-state index is 0.243. The zero-order valence-corrected chi connectivity index (χ0v) is 14.4. The van der Waals surface area contributed by atoms with E-state index in [0.29, 0.717) is 24.5 Å². The van der Waals surface area contributed by atoms with Crippen molar-refractivity contribution in [3.63, 3.8) is 0 Å². The van der Waals surface area contributed by atoms with Crippen molar-refractivity contribution in [1.29, 1.82) is 0 Å². The molecule has 1 heterocycles. The van der Waals surface area contributed by atoms with Crippen LogP contribution >= 0.6 is 0 Å². The molecule has 1 saturated heterocycles. The molecule has 2 aliphatic rings. The first-order valence-corrected chi connectivity index (χ1v) is 9.71. The van der Waals surface area contributed by atoms with E-state index in [2.05, 4.69) is 4.72 Å². The van der Waals surface area contributed by atoms with E-state index in [4.69, 9.17) is 4.74 Å². The van der Waals surface area contributed by atoms with Gasteiger partial charge in [0.15, 0.2) is 0 Å². The monoisotopic (exact) mass is 358 g/mol. The Bertz CT molecular complexity index is 940. The maximum Gasteiger partial charge on any atom is 0.414 e. The summed E-state index contributed by atoms with van der Waals surface area (Å²) in [6.45, 7) is 0.696. The number of para-hydroxylation sites is 2. The Morgan fingerprint density at radius 1 is 1.04 bits per heavy atom. The summed E-state index contributed by atoms with van der Waals surface area (Å²) in [6, 6.07) is 12.1. The quantitative estimate of drug-likeness (QED) is 0.912. The molecule has 4 rings (SSSR count). The first-order chi connectivity index (χ1) is 12.0. The Morgan fingerprint density at radius 3 is 2.64 bits per heavy atom. The number of fused-ring (bicyclic) bond motifs is 1. The second-order valence-corrected chi connectivity index (χ2v) is 7.86. The van der Waals surface area contributed by atoms with Gasteiger partial charge in [-0.3, -0.25) is 9.62 Å². The predicted octanol–water partition coefficient (Wildman–Crippen LogP) is 2.93. The topological polar surface area (TPSA) is 75.7 Å². The van der Waals surface area contributed by atoms with Crippen LogP contribution < -0.4 is 9.62 Å². The molecule has 0 bridgehead atoms. The van der Waals surface area contributed by atoms with Crippen LogP contribution in [0.1, 0.15) is 17.5 Å². The number of ether oxygens (including phenoxy) is 1. The van der Waals surface area contributed by atoms with Gasteiger partial charge in [-0.15, -0.1) is 0 Å². The van der Waals surface area contributed by atoms with E-state index in [9.17, 15) is 13.2 Å². The number of benzene rings is 2. The molecule has 1 aliphatic carbocycles. The van der Waals surface area contributed by atoms with Gasteiger partial charge in [0.05, 0.1) is 22.8 Å². The molecule has 0 atom stereocenters. The third-order valence-corrected chi connectivity index (χ3v) is 5.94. The van der Waals surface area contributed by atoms with Gasteiger partial charge < -0.3 is 4.74 Å². The van der Waals surface area contributed by atoms with Crippen molar-refractivity contribution >= 4 is 27.5 Å². The summed E-state index contributed by atoms with van der Waals surface area (Å²) in [5.41, 5.74) is 3.18. The number of sulfonamides is 1. The molecule has 2 aromatic rings. The van der Waals surface area contributed by atoms with Gasteiger partial charge in [-0.1, -0.05) is 18.2 Å². The van der Waals surface area contributed by atoms with Crippen LogP contribution in [0.15, 0.2) is 47.4 Å². The molecular weight excluding hydrogens is 340 g/mol. The minimum Gasteiger partial charge on any atom is -0.447 e. The second kappa shape index (κ2) is 6.07. The number of amides is 1. The number of nitrogens with zero attached hydrogens (tertiary/aromatic N) is 1. The maximum atomic E-state index is 12.8. The molecule has 0 spiro atoms. The highest BCUT2D eigenvalue weighted by Gasteiger charge is 2.27. The fraction of sp³-hybridized carbons (Fsp3) is 0.278. The summed E-state index contributed by atoms with van der Waals surface area (Å²) >= 11 is 0. The summed E-state index contributed by atoms with van der Waals surface area (Å²) in [6.07, 6.45) is 2.51. The highest BCUT2D eigenvalue weighted by atomic mass is 32.2. The molecule has 0 aromatic heterocycles. The van der Waals surface area contributed by atoms with Crippen molar-refractivity contribution in [1.82, 2.24) is 0 Å². The lowest BCUT2D eigenvalue weighted by molar-refractivity contribution is 0.181. The number of nitrogens with one attached hydrogen (secondary N) is 1. The van der Waals surface area contributed by atoms with Crippen molar-refractivity contribution in [2.75, 3.05) is 22.8 Å². The zero-order chi connectivity index (χ0) is 17.4. The van der Waals surface area contributed by atoms with Crippen molar-refractivity contribution < 1.29 is 17.9 Å². The molecule has 2 aromatic carbocycles. The SMILES string of the molecule is O=C1OCCN1c1ccccc1NS(=O)(=O)c1ccc2c(c1)CCC2. The van der Waals surface area contributed by atoms with Gasteiger partial charge in [-0.25, -0.2) is 13.2 Å². The molecule has 0 unspecified atom stereocenters. The van der Waals surface area contributed by atoms with E-state index in [-0.39, 0.29) is 4.90 Å². The first kappa shape index (κ1) is 16.0. The summed E-state index contributed by atoms with van der Waals surface area (Å²) in [5.74, 6) is 0. The highest BCUT2D eigenvalue weighted by molar-refractivity contribution is 7.92. The molecule has 1 N–H and O–H groups in total. The average molecular weight is 358 g/mol. The number of hydrogen-bond donors (Lipinski definition) is 1. The first-order valence-electron chi connectivity index (χ1n) is 8.22. The lowest BCUT2D eigenvalue weighted by Gasteiger charge is -2.18. The predicted molar refractivity (Wildman–Crippen MR) is 94.4 cm³/mol. The lowest BCUT2D eigenvalue weighted by Crippen LogP contribution is -2.25. The number of hydrogen-bond acceptors (Lipinski definition) is 4. The van der Waals surface area contributed by atoms with Crippen LogP contribution in [0.5, 0.6) is 0 Å². The standard InChI is InChI=1S/C18H18N2O4S/c21-18-20(10-11-24-18)17-7-2-1-6-16(17)19-25(22,23)15-9-8-13-4-3-5-14(13)12-15/h1-2,6-9,12,19H,3-5,10-11H2. The lowest BCUT2D eigenvalue weighted by atomic mass is 10.1. The summed E-state index contributed by atoms with van der Waals surface area (Å²) in [5, 5.41) is 0. The molecule has 1 aliphatic heterocycles. The Labute approximate surface area is 146 Å². The number of aryl methyl sites for hydroxylation is 2. The van der Waals surface area contributed by atoms with E-state index in [1.807, 2.05) is 6.07 Å². The highest BCUT2D eigenvalue weighted by Crippen LogP contribution is 2.31. The Balaban J connectivity index is 1.67. The van der Waals surface area contributed by atoms with Gasteiger partial charge >= 0.3 is 6.09 Å². The molecule has 130 valence electrons. The van der Waals surface area contributed by atoms with Gasteiger partial charge in [0.2, 0.25) is 0 Å². The van der Waals surface area contributed by atoms with Gasteiger partial charge in [-0.2, -0.15) is 0 Å². The Hall–Kier alpha value is -2.54. The molecule has 1 fully saturated rings. The number of rotatable bonds is 4. The molecule has 0 saturated carbocycles. The second-order valence-electron chi connectivity index (χ2n) is 6.17. The van der Waals surface area contributed by atoms with Crippen LogP contribution in [-0.4, -0.2) is 27.7 Å². The number of carbonyl (C=O) groups is 1. The minimum atomic E-state index is -3.73. The number of carbonyl (C=O) groups excluding carboxylic acids is 1. The van der Waals surface area contributed by atoms with E-state index in [1.54, 1.807) is 36.4 Å². The van der Waals surface area contributed by atoms with Gasteiger partial charge in [0.25, 0.3) is 10.0 Å². The van der Waals surface area contributed by atoms with Crippen LogP contribution in [0.4, 0.5) is 16.2 Å². The average Bonchev–Trinajstić information content (AvgIpc) is 3.23. The van der Waals surface area contributed by atoms with Gasteiger partial charge in [0, 0.05) is 0 Å². The van der Waals surface area contributed by atoms with Crippen LogP contribution in [0.25, 0.3) is 0 Å². The van der Waals surface area contributed by atoms with E-state index >= 15 is 0 Å². The fourth-order valence-corrected chi connectivity index (χ4v) is 4.45. The van der Waals surface area contributed by atoms with Crippen molar-refractivity contribution in [2.45, 2.75) is 24.2 Å². The van der Waals surface area contributed by atoms with Crippen molar-refractivity contribution in [3.8, 4) is 0 Å². The molecule has 1 amide bonds. The third-order valence-electron chi connectivity index (χ3n) is 4.58. The molecule has 7 heteroatoms. The molecule has 25 heavy (non-hydrogen) atoms. The fourth-order valence-electron chi connectivity index (χ4n) is 3.33. The summed E-state index contributed by atoms with van der Waals surface area (Å²) < 4.78 is 33.2. The maximum absolute atomic E-state index is 12.8. The normalized spacial score (nSPS) is 16.6. The third kappa shape index (κ3) is 2.95. The van der Waals surface area contributed by atoms with Crippen molar-refractivity contribution in [3.05, 3.63) is 53.6 Å². The van der Waals surface area contributed by atoms with Crippen LogP contribution in [0.3, 0.4) is 0 Å². The zero-order valence-electron chi connectivity index (χ0n) is 13.6. The Morgan fingerprint density at radius 2 is 1.84 bits per heavy atom. The van der Waals surface area contributed by atoms with Gasteiger partial charge in [0.1, 0.15) is 6.61 Å². The molecule has 0 radical (unpaired) electrons. The van der Waals surface area contributed by atoms with Crippen LogP contribution in [-0.2, 0) is 27.6 Å². The number of cyclic esters (lactones) is 1. The van der Waals surface area contributed by atoms with Crippen LogP contribution in [0.2, 0.25) is 0 Å². The molecular formula is C18H18N2O4S. The summed E-state index contributed by atoms with van der Waals surface area (Å²) in [4.78, 5) is 13.5. The van der Waals surface area contributed by atoms with E-state index in [1.165, 1.54) is 10.5 Å². The van der Waals surface area contributed by atoms with Crippen LogP contribution in [0, 0.1) is 0 Å². The number of anilines is 2. The summed E-state index contributed by atoms with van der Waals surface area (Å²) in [7, 11) is -3.73. The van der Waals surface area contributed by atoms with E-state index < -0.39 is 16.1 Å². The van der Waals surface area contributed by atoms with E-state index in [0.717, 1.165) is 24.8 Å². The van der Waals surface area contributed by atoms with Crippen molar-refractivity contribution in [2.24, 2.45) is 0 Å². The Kier molecular flexibility index (Phi) is 3.88. The largest absolute Gasteiger partial charge is 0.447 e. The molecule has 6 nitrogen and oxygen atoms in total.